The summed E-state index contributed by atoms with van der Waals surface area (Å²) in [7, 11) is 0. The maximum absolute atomic E-state index is 12.2. The molecule has 4 heteroatoms. The van der Waals surface area contributed by atoms with Crippen LogP contribution >= 0.6 is 0 Å². The Kier molecular flexibility index (Phi) is 5.42. The predicted molar refractivity (Wildman–Crippen MR) is 98.0 cm³/mol. The van der Waals surface area contributed by atoms with Crippen LogP contribution in [-0.2, 0) is 6.42 Å². The Hall–Kier alpha value is -3.14. The van der Waals surface area contributed by atoms with Crippen molar-refractivity contribution in [2.75, 3.05) is 6.54 Å². The fourth-order valence-electron chi connectivity index (χ4n) is 2.39. The summed E-state index contributed by atoms with van der Waals surface area (Å²) in [5.74, 6) is 1.40. The van der Waals surface area contributed by atoms with Gasteiger partial charge in [0.25, 0.3) is 5.91 Å². The number of amides is 1. The molecular formula is C21H20N2O2. The molecule has 3 rings (SSSR count). The highest BCUT2D eigenvalue weighted by atomic mass is 16.5. The minimum Gasteiger partial charge on any atom is -0.457 e. The number of hydrogen-bond acceptors (Lipinski definition) is 3. The van der Waals surface area contributed by atoms with E-state index in [1.54, 1.807) is 36.7 Å². The highest BCUT2D eigenvalue weighted by molar-refractivity contribution is 5.94. The van der Waals surface area contributed by atoms with E-state index in [0.29, 0.717) is 17.9 Å². The Labute approximate surface area is 147 Å². The molecule has 0 saturated carbocycles. The smallest absolute Gasteiger partial charge is 0.251 e. The Morgan fingerprint density at radius 2 is 1.52 bits per heavy atom. The van der Waals surface area contributed by atoms with E-state index in [0.717, 1.165) is 17.7 Å². The highest BCUT2D eigenvalue weighted by Gasteiger charge is 2.05. The van der Waals surface area contributed by atoms with Gasteiger partial charge in [-0.25, -0.2) is 0 Å². The van der Waals surface area contributed by atoms with Crippen molar-refractivity contribution in [3.8, 4) is 11.5 Å². The molecule has 2 aromatic carbocycles. The molecule has 0 bridgehead atoms. The molecule has 0 aliphatic heterocycles. The molecule has 1 aromatic heterocycles. The van der Waals surface area contributed by atoms with Crippen LogP contribution in [0.3, 0.4) is 0 Å². The third-order valence-electron chi connectivity index (χ3n) is 3.82. The second-order valence-corrected chi connectivity index (χ2v) is 5.80. The van der Waals surface area contributed by atoms with Gasteiger partial charge < -0.3 is 10.1 Å². The number of carbonyl (C=O) groups excluding carboxylic acids is 1. The van der Waals surface area contributed by atoms with Crippen molar-refractivity contribution in [2.24, 2.45) is 0 Å². The molecular weight excluding hydrogens is 312 g/mol. The fraction of sp³-hybridized carbons (Fsp3) is 0.143. The van der Waals surface area contributed by atoms with Crippen LogP contribution in [0.25, 0.3) is 0 Å². The van der Waals surface area contributed by atoms with Crippen LogP contribution < -0.4 is 10.1 Å². The van der Waals surface area contributed by atoms with E-state index in [2.05, 4.69) is 10.3 Å². The fourth-order valence-corrected chi connectivity index (χ4v) is 2.39. The van der Waals surface area contributed by atoms with Gasteiger partial charge >= 0.3 is 0 Å². The quantitative estimate of drug-likeness (QED) is 0.737. The lowest BCUT2D eigenvalue weighted by Crippen LogP contribution is -2.25. The summed E-state index contributed by atoms with van der Waals surface area (Å²) in [4.78, 5) is 16.2. The summed E-state index contributed by atoms with van der Waals surface area (Å²) in [6.45, 7) is 2.62. The topological polar surface area (TPSA) is 51.2 Å². The van der Waals surface area contributed by atoms with Gasteiger partial charge in [-0.3, -0.25) is 9.78 Å². The molecule has 4 nitrogen and oxygen atoms in total. The number of hydrogen-bond donors (Lipinski definition) is 1. The molecule has 0 saturated heterocycles. The molecule has 0 fully saturated rings. The number of carbonyl (C=O) groups is 1. The molecule has 0 unspecified atom stereocenters. The van der Waals surface area contributed by atoms with Crippen molar-refractivity contribution >= 4 is 5.91 Å². The number of aryl methyl sites for hydroxylation is 1. The number of nitrogens with zero attached hydrogens (tertiary/aromatic N) is 1. The maximum atomic E-state index is 12.2. The van der Waals surface area contributed by atoms with Gasteiger partial charge in [0.05, 0.1) is 0 Å². The van der Waals surface area contributed by atoms with Gasteiger partial charge in [0.1, 0.15) is 11.5 Å². The van der Waals surface area contributed by atoms with Crippen LogP contribution in [0.15, 0.2) is 73.1 Å². The summed E-state index contributed by atoms with van der Waals surface area (Å²) in [5.41, 5.74) is 2.95. The Morgan fingerprint density at radius 1 is 0.920 bits per heavy atom. The van der Waals surface area contributed by atoms with E-state index >= 15 is 0 Å². The predicted octanol–water partition coefficient (Wildman–Crippen LogP) is 4.15. The van der Waals surface area contributed by atoms with Crippen molar-refractivity contribution in [2.45, 2.75) is 13.3 Å². The van der Waals surface area contributed by atoms with Gasteiger partial charge in [-0.15, -0.1) is 0 Å². The van der Waals surface area contributed by atoms with Gasteiger partial charge in [-0.05, 0) is 67.4 Å². The van der Waals surface area contributed by atoms with Gasteiger partial charge in [0.15, 0.2) is 0 Å². The maximum Gasteiger partial charge on any atom is 0.251 e. The molecule has 3 aromatic rings. The molecule has 0 aliphatic rings. The second-order valence-electron chi connectivity index (χ2n) is 5.80. The average molecular weight is 332 g/mol. The zero-order valence-electron chi connectivity index (χ0n) is 14.1. The van der Waals surface area contributed by atoms with Crippen molar-refractivity contribution < 1.29 is 9.53 Å². The minimum absolute atomic E-state index is 0.0871. The van der Waals surface area contributed by atoms with Crippen molar-refractivity contribution in [1.29, 1.82) is 0 Å². The third-order valence-corrected chi connectivity index (χ3v) is 3.82. The van der Waals surface area contributed by atoms with Crippen LogP contribution in [0.4, 0.5) is 0 Å². The molecule has 0 atom stereocenters. The van der Waals surface area contributed by atoms with Crippen molar-refractivity contribution in [3.05, 3.63) is 89.7 Å². The van der Waals surface area contributed by atoms with Crippen molar-refractivity contribution in [3.63, 3.8) is 0 Å². The highest BCUT2D eigenvalue weighted by Crippen LogP contribution is 2.21. The first-order valence-corrected chi connectivity index (χ1v) is 8.22. The van der Waals surface area contributed by atoms with Gasteiger partial charge in [-0.1, -0.05) is 17.7 Å². The standard InChI is InChI=1S/C21H20N2O2/c1-16-2-6-19(7-3-16)25-20-8-4-18(5-9-20)21(24)23-15-12-17-10-13-22-14-11-17/h2-11,13-14H,12,15H2,1H3,(H,23,24). The van der Waals surface area contributed by atoms with Gasteiger partial charge in [-0.2, -0.15) is 0 Å². The zero-order chi connectivity index (χ0) is 17.5. The van der Waals surface area contributed by atoms with E-state index in [1.807, 2.05) is 43.3 Å². The van der Waals surface area contributed by atoms with Crippen LogP contribution in [0.5, 0.6) is 11.5 Å². The average Bonchev–Trinajstić information content (AvgIpc) is 2.65. The summed E-state index contributed by atoms with van der Waals surface area (Å²) < 4.78 is 5.77. The lowest BCUT2D eigenvalue weighted by molar-refractivity contribution is 0.0954. The van der Waals surface area contributed by atoms with E-state index in [4.69, 9.17) is 4.74 Å². The first kappa shape index (κ1) is 16.7. The molecule has 0 aliphatic carbocycles. The van der Waals surface area contributed by atoms with Crippen LogP contribution in [0.2, 0.25) is 0 Å². The molecule has 126 valence electrons. The zero-order valence-corrected chi connectivity index (χ0v) is 14.1. The van der Waals surface area contributed by atoms with E-state index in [1.165, 1.54) is 5.56 Å². The molecule has 0 radical (unpaired) electrons. The summed E-state index contributed by atoms with van der Waals surface area (Å²) >= 11 is 0. The first-order valence-electron chi connectivity index (χ1n) is 8.22. The van der Waals surface area contributed by atoms with E-state index in [-0.39, 0.29) is 5.91 Å². The van der Waals surface area contributed by atoms with E-state index < -0.39 is 0 Å². The lowest BCUT2D eigenvalue weighted by atomic mass is 10.2. The number of aromatic nitrogens is 1. The number of nitrogens with one attached hydrogen (secondary N) is 1. The Balaban J connectivity index is 1.52. The van der Waals surface area contributed by atoms with Gasteiger partial charge in [0.2, 0.25) is 0 Å². The van der Waals surface area contributed by atoms with E-state index in [9.17, 15) is 4.79 Å². The second kappa shape index (κ2) is 8.11. The number of pyridine rings is 1. The molecule has 25 heavy (non-hydrogen) atoms. The lowest BCUT2D eigenvalue weighted by Gasteiger charge is -2.08. The molecule has 0 spiro atoms. The Morgan fingerprint density at radius 3 is 2.16 bits per heavy atom. The summed E-state index contributed by atoms with van der Waals surface area (Å²) in [6, 6.07) is 18.9. The third kappa shape index (κ3) is 4.91. The Bertz CT molecular complexity index is 813. The normalized spacial score (nSPS) is 10.3. The molecule has 1 N–H and O–H groups in total. The number of benzene rings is 2. The summed E-state index contributed by atoms with van der Waals surface area (Å²) in [6.07, 6.45) is 4.29. The summed E-state index contributed by atoms with van der Waals surface area (Å²) in [5, 5.41) is 2.92. The molecule has 1 amide bonds. The van der Waals surface area contributed by atoms with Crippen LogP contribution in [0, 0.1) is 6.92 Å². The van der Waals surface area contributed by atoms with Gasteiger partial charge in [0, 0.05) is 24.5 Å². The van der Waals surface area contributed by atoms with Crippen LogP contribution in [0.1, 0.15) is 21.5 Å². The largest absolute Gasteiger partial charge is 0.457 e. The van der Waals surface area contributed by atoms with Crippen LogP contribution in [-0.4, -0.2) is 17.4 Å². The number of rotatable bonds is 6. The molecule has 1 heterocycles. The minimum atomic E-state index is -0.0871. The number of ether oxygens (including phenoxy) is 1. The SMILES string of the molecule is Cc1ccc(Oc2ccc(C(=O)NCCc3ccncc3)cc2)cc1. The first-order chi connectivity index (χ1) is 12.2. The monoisotopic (exact) mass is 332 g/mol. The van der Waals surface area contributed by atoms with Crippen molar-refractivity contribution in [1.82, 2.24) is 10.3 Å².